The van der Waals surface area contributed by atoms with Crippen LogP contribution in [-0.4, -0.2) is 20.6 Å². The van der Waals surface area contributed by atoms with Crippen LogP contribution in [0.2, 0.25) is 10.0 Å². The van der Waals surface area contributed by atoms with Crippen molar-refractivity contribution < 1.29 is 13.2 Å². The van der Waals surface area contributed by atoms with Gasteiger partial charge in [-0.3, -0.25) is 4.79 Å². The van der Waals surface area contributed by atoms with E-state index in [1.807, 2.05) is 6.07 Å². The average molecular weight is 372 g/mol. The van der Waals surface area contributed by atoms with Crippen LogP contribution in [0.25, 0.3) is 0 Å². The third-order valence-corrected chi connectivity index (χ3v) is 5.21. The van der Waals surface area contributed by atoms with E-state index in [0.29, 0.717) is 22.2 Å². The van der Waals surface area contributed by atoms with Crippen LogP contribution < -0.4 is 5.32 Å². The predicted molar refractivity (Wildman–Crippen MR) is 93.0 cm³/mol. The molecule has 0 bridgehead atoms. The fraction of sp³-hybridized carbons (Fsp3) is 0.188. The monoisotopic (exact) mass is 371 g/mol. The lowest BCUT2D eigenvalue weighted by molar-refractivity contribution is -0.116. The Labute approximate surface area is 145 Å². The van der Waals surface area contributed by atoms with Crippen LogP contribution in [0.15, 0.2) is 47.4 Å². The number of carbonyl (C=O) groups excluding carboxylic acids is 1. The SMILES string of the molecule is CS(=O)(=O)c1ccc(NC(=O)CCc2cccc(Cl)c2Cl)cc1. The van der Waals surface area contributed by atoms with Crippen LogP contribution in [0, 0.1) is 0 Å². The van der Waals surface area contributed by atoms with Gasteiger partial charge in [0, 0.05) is 18.4 Å². The number of nitrogens with one attached hydrogen (secondary N) is 1. The van der Waals surface area contributed by atoms with E-state index in [0.717, 1.165) is 11.8 Å². The van der Waals surface area contributed by atoms with Crippen LogP contribution in [0.3, 0.4) is 0 Å². The Hall–Kier alpha value is -1.56. The minimum atomic E-state index is -3.24. The molecule has 0 saturated heterocycles. The summed E-state index contributed by atoms with van der Waals surface area (Å²) in [5, 5.41) is 3.63. The summed E-state index contributed by atoms with van der Waals surface area (Å²) in [6.45, 7) is 0. The molecule has 0 spiro atoms. The van der Waals surface area contributed by atoms with E-state index in [2.05, 4.69) is 5.32 Å². The highest BCUT2D eigenvalue weighted by Crippen LogP contribution is 2.26. The zero-order valence-electron chi connectivity index (χ0n) is 12.3. The van der Waals surface area contributed by atoms with E-state index in [-0.39, 0.29) is 17.2 Å². The van der Waals surface area contributed by atoms with Gasteiger partial charge in [-0.15, -0.1) is 0 Å². The Morgan fingerprint density at radius 2 is 1.74 bits per heavy atom. The van der Waals surface area contributed by atoms with Crippen LogP contribution in [0.5, 0.6) is 0 Å². The van der Waals surface area contributed by atoms with Crippen LogP contribution >= 0.6 is 23.2 Å². The van der Waals surface area contributed by atoms with Crippen LogP contribution in [-0.2, 0) is 21.1 Å². The molecule has 0 aliphatic heterocycles. The fourth-order valence-electron chi connectivity index (χ4n) is 2.00. The predicted octanol–water partition coefficient (Wildman–Crippen LogP) is 3.97. The lowest BCUT2D eigenvalue weighted by Crippen LogP contribution is -2.12. The van der Waals surface area contributed by atoms with Gasteiger partial charge in [-0.1, -0.05) is 35.3 Å². The molecule has 0 aromatic heterocycles. The zero-order valence-corrected chi connectivity index (χ0v) is 14.7. The second-order valence-electron chi connectivity index (χ2n) is 5.06. The molecule has 1 N–H and O–H groups in total. The summed E-state index contributed by atoms with van der Waals surface area (Å²) < 4.78 is 22.7. The first-order chi connectivity index (χ1) is 10.8. The molecule has 0 atom stereocenters. The molecule has 0 fully saturated rings. The summed E-state index contributed by atoms with van der Waals surface area (Å²) in [5.41, 5.74) is 1.35. The molecule has 0 saturated carbocycles. The Morgan fingerprint density at radius 1 is 1.09 bits per heavy atom. The molecule has 7 heteroatoms. The van der Waals surface area contributed by atoms with E-state index < -0.39 is 9.84 Å². The van der Waals surface area contributed by atoms with Gasteiger partial charge in [0.1, 0.15) is 0 Å². The number of benzene rings is 2. The number of hydrogen-bond donors (Lipinski definition) is 1. The molecule has 0 aliphatic rings. The van der Waals surface area contributed by atoms with Crippen molar-refractivity contribution in [3.63, 3.8) is 0 Å². The van der Waals surface area contributed by atoms with E-state index >= 15 is 0 Å². The third-order valence-electron chi connectivity index (χ3n) is 3.22. The van der Waals surface area contributed by atoms with Crippen LogP contribution in [0.4, 0.5) is 5.69 Å². The van der Waals surface area contributed by atoms with Gasteiger partial charge in [-0.2, -0.15) is 0 Å². The number of sulfone groups is 1. The number of rotatable bonds is 5. The van der Waals surface area contributed by atoms with Crippen LogP contribution in [0.1, 0.15) is 12.0 Å². The Kier molecular flexibility index (Phi) is 5.68. The summed E-state index contributed by atoms with van der Waals surface area (Å²) >= 11 is 12.0. The highest BCUT2D eigenvalue weighted by Gasteiger charge is 2.09. The Morgan fingerprint density at radius 3 is 2.35 bits per heavy atom. The normalized spacial score (nSPS) is 11.3. The molecule has 0 heterocycles. The number of hydrogen-bond acceptors (Lipinski definition) is 3. The molecule has 0 unspecified atom stereocenters. The molecule has 1 amide bonds. The first-order valence-electron chi connectivity index (χ1n) is 6.80. The van der Waals surface area contributed by atoms with Gasteiger partial charge < -0.3 is 5.32 Å². The van der Waals surface area contributed by atoms with Gasteiger partial charge in [-0.25, -0.2) is 8.42 Å². The highest BCUT2D eigenvalue weighted by atomic mass is 35.5. The molecule has 2 aromatic rings. The van der Waals surface area contributed by atoms with Gasteiger partial charge >= 0.3 is 0 Å². The summed E-state index contributed by atoms with van der Waals surface area (Å²) in [5.74, 6) is -0.187. The van der Waals surface area contributed by atoms with E-state index in [9.17, 15) is 13.2 Å². The highest BCUT2D eigenvalue weighted by molar-refractivity contribution is 7.90. The second kappa shape index (κ2) is 7.34. The molecule has 2 rings (SSSR count). The minimum Gasteiger partial charge on any atom is -0.326 e. The van der Waals surface area contributed by atoms with Gasteiger partial charge in [-0.05, 0) is 42.3 Å². The number of aryl methyl sites for hydroxylation is 1. The fourth-order valence-corrected chi connectivity index (χ4v) is 3.04. The van der Waals surface area contributed by atoms with Crippen molar-refractivity contribution in [3.05, 3.63) is 58.1 Å². The van der Waals surface area contributed by atoms with Crippen molar-refractivity contribution >= 4 is 44.6 Å². The quantitative estimate of drug-likeness (QED) is 0.864. The van der Waals surface area contributed by atoms with Crippen molar-refractivity contribution in [2.75, 3.05) is 11.6 Å². The maximum Gasteiger partial charge on any atom is 0.224 e. The summed E-state index contributed by atoms with van der Waals surface area (Å²) in [7, 11) is -3.24. The second-order valence-corrected chi connectivity index (χ2v) is 7.86. The van der Waals surface area contributed by atoms with Crippen molar-refractivity contribution in [3.8, 4) is 0 Å². The number of anilines is 1. The van der Waals surface area contributed by atoms with Gasteiger partial charge in [0.05, 0.1) is 14.9 Å². The molecular weight excluding hydrogens is 357 g/mol. The Balaban J connectivity index is 1.96. The molecule has 0 radical (unpaired) electrons. The topological polar surface area (TPSA) is 63.2 Å². The van der Waals surface area contributed by atoms with Crippen molar-refractivity contribution in [2.24, 2.45) is 0 Å². The Bertz CT molecular complexity index is 818. The van der Waals surface area contributed by atoms with E-state index in [1.54, 1.807) is 24.3 Å². The number of carbonyl (C=O) groups is 1. The standard InChI is InChI=1S/C16H15Cl2NO3S/c1-23(21,22)13-8-6-12(7-9-13)19-15(20)10-5-11-3-2-4-14(17)16(11)18/h2-4,6-9H,5,10H2,1H3,(H,19,20). The lowest BCUT2D eigenvalue weighted by atomic mass is 10.1. The average Bonchev–Trinajstić information content (AvgIpc) is 2.48. The maximum atomic E-state index is 12.0. The largest absolute Gasteiger partial charge is 0.326 e. The molecule has 23 heavy (non-hydrogen) atoms. The zero-order chi connectivity index (χ0) is 17.0. The molecule has 0 aliphatic carbocycles. The number of halogens is 2. The van der Waals surface area contributed by atoms with E-state index in [4.69, 9.17) is 23.2 Å². The van der Waals surface area contributed by atoms with Crippen molar-refractivity contribution in [1.82, 2.24) is 0 Å². The van der Waals surface area contributed by atoms with Gasteiger partial charge in [0.2, 0.25) is 5.91 Å². The molecule has 122 valence electrons. The first kappa shape index (κ1) is 17.8. The first-order valence-corrected chi connectivity index (χ1v) is 9.45. The van der Waals surface area contributed by atoms with Crippen molar-refractivity contribution in [1.29, 1.82) is 0 Å². The summed E-state index contributed by atoms with van der Waals surface area (Å²) in [4.78, 5) is 12.2. The van der Waals surface area contributed by atoms with Gasteiger partial charge in [0.15, 0.2) is 9.84 Å². The smallest absolute Gasteiger partial charge is 0.224 e. The third kappa shape index (κ3) is 4.96. The minimum absolute atomic E-state index is 0.187. The van der Waals surface area contributed by atoms with Crippen molar-refractivity contribution in [2.45, 2.75) is 17.7 Å². The summed E-state index contributed by atoms with van der Waals surface area (Å²) in [6, 6.07) is 11.3. The van der Waals surface area contributed by atoms with Gasteiger partial charge in [0.25, 0.3) is 0 Å². The summed E-state index contributed by atoms with van der Waals surface area (Å²) in [6.07, 6.45) is 1.84. The maximum absolute atomic E-state index is 12.0. The molecule has 2 aromatic carbocycles. The number of amides is 1. The van der Waals surface area contributed by atoms with E-state index in [1.165, 1.54) is 12.1 Å². The lowest BCUT2D eigenvalue weighted by Gasteiger charge is -2.08. The molecular formula is C16H15Cl2NO3S. The molecule has 4 nitrogen and oxygen atoms in total.